The molecule has 0 amide bonds. The number of hydrogen-bond acceptors (Lipinski definition) is 2. The van der Waals surface area contributed by atoms with Gasteiger partial charge in [0.2, 0.25) is 0 Å². The molecule has 0 aromatic heterocycles. The lowest BCUT2D eigenvalue weighted by Crippen LogP contribution is -2.02. The fraction of sp³-hybridized carbons (Fsp3) is 0. The minimum absolute atomic E-state index is 0.0825. The van der Waals surface area contributed by atoms with Gasteiger partial charge in [-0.3, -0.25) is 0 Å². The molecule has 0 atom stereocenters. The van der Waals surface area contributed by atoms with E-state index in [0.29, 0.717) is 6.07 Å². The summed E-state index contributed by atoms with van der Waals surface area (Å²) in [5.41, 5.74) is 4.95. The Balaban J connectivity index is 2.46. The molecule has 0 heterocycles. The van der Waals surface area contributed by atoms with Crippen molar-refractivity contribution in [3.8, 4) is 0 Å². The van der Waals surface area contributed by atoms with E-state index in [1.165, 1.54) is 18.2 Å². The van der Waals surface area contributed by atoms with Crippen LogP contribution in [0.25, 0.3) is 0 Å². The minimum Gasteiger partial charge on any atom is -0.395 e. The Morgan fingerprint density at radius 3 is 2.44 bits per heavy atom. The first kappa shape index (κ1) is 12.6. The second kappa shape index (κ2) is 4.78. The fourth-order valence-corrected chi connectivity index (χ4v) is 1.65. The molecule has 0 spiro atoms. The smallest absolute Gasteiger partial charge is 0.151 e. The molecule has 2 aromatic rings. The van der Waals surface area contributed by atoms with Gasteiger partial charge in [-0.05, 0) is 18.2 Å². The van der Waals surface area contributed by atoms with Crippen molar-refractivity contribution in [2.45, 2.75) is 0 Å². The number of halogens is 4. The monoisotopic (exact) mass is 272 g/mol. The normalized spacial score (nSPS) is 10.4. The number of anilines is 3. The van der Waals surface area contributed by atoms with Gasteiger partial charge in [-0.15, -0.1) is 0 Å². The zero-order valence-corrected chi connectivity index (χ0v) is 9.73. The molecule has 0 radical (unpaired) electrons. The van der Waals surface area contributed by atoms with Crippen LogP contribution in [0.2, 0.25) is 5.02 Å². The molecule has 0 unspecified atom stereocenters. The molecule has 0 aliphatic rings. The molecule has 6 heteroatoms. The molecule has 0 saturated carbocycles. The van der Waals surface area contributed by atoms with E-state index in [9.17, 15) is 13.2 Å². The highest BCUT2D eigenvalue weighted by Gasteiger charge is 2.12. The standard InChI is InChI=1S/C12H8ClF3N2/c13-7-2-1-3-8(15)12(7)18-10-5-6(14)4-9(16)11(10)17/h1-5,18H,17H2. The lowest BCUT2D eigenvalue weighted by atomic mass is 10.2. The minimum atomic E-state index is -0.926. The molecule has 0 aliphatic heterocycles. The summed E-state index contributed by atoms with van der Waals surface area (Å²) in [6.45, 7) is 0. The van der Waals surface area contributed by atoms with Gasteiger partial charge in [0, 0.05) is 6.07 Å². The van der Waals surface area contributed by atoms with Gasteiger partial charge in [-0.2, -0.15) is 0 Å². The zero-order valence-electron chi connectivity index (χ0n) is 8.98. The van der Waals surface area contributed by atoms with Crippen molar-refractivity contribution in [1.82, 2.24) is 0 Å². The summed E-state index contributed by atoms with van der Waals surface area (Å²) in [7, 11) is 0. The Morgan fingerprint density at radius 1 is 1.06 bits per heavy atom. The summed E-state index contributed by atoms with van der Waals surface area (Å²) in [6.07, 6.45) is 0. The summed E-state index contributed by atoms with van der Waals surface area (Å²) in [5.74, 6) is -2.40. The molecule has 0 fully saturated rings. The molecule has 2 nitrogen and oxygen atoms in total. The maximum Gasteiger partial charge on any atom is 0.151 e. The van der Waals surface area contributed by atoms with E-state index in [1.807, 2.05) is 0 Å². The van der Waals surface area contributed by atoms with Crippen molar-refractivity contribution in [3.05, 3.63) is 52.8 Å². The third-order valence-corrected chi connectivity index (χ3v) is 2.63. The van der Waals surface area contributed by atoms with Gasteiger partial charge in [-0.1, -0.05) is 17.7 Å². The van der Waals surface area contributed by atoms with Crippen LogP contribution in [0.15, 0.2) is 30.3 Å². The van der Waals surface area contributed by atoms with Crippen molar-refractivity contribution in [3.63, 3.8) is 0 Å². The van der Waals surface area contributed by atoms with Crippen molar-refractivity contribution in [2.75, 3.05) is 11.1 Å². The van der Waals surface area contributed by atoms with E-state index in [-0.39, 0.29) is 22.1 Å². The van der Waals surface area contributed by atoms with Gasteiger partial charge in [-0.25, -0.2) is 13.2 Å². The van der Waals surface area contributed by atoms with E-state index in [4.69, 9.17) is 17.3 Å². The Labute approximate surface area is 106 Å². The number of rotatable bonds is 2. The second-order valence-electron chi connectivity index (χ2n) is 3.57. The first-order chi connectivity index (χ1) is 8.49. The quantitative estimate of drug-likeness (QED) is 0.808. The van der Waals surface area contributed by atoms with Crippen LogP contribution in [-0.4, -0.2) is 0 Å². The highest BCUT2D eigenvalue weighted by Crippen LogP contribution is 2.32. The largest absolute Gasteiger partial charge is 0.395 e. The molecular formula is C12H8ClF3N2. The third kappa shape index (κ3) is 2.36. The van der Waals surface area contributed by atoms with Gasteiger partial charge < -0.3 is 11.1 Å². The third-order valence-electron chi connectivity index (χ3n) is 2.32. The zero-order chi connectivity index (χ0) is 13.3. The number of benzene rings is 2. The van der Waals surface area contributed by atoms with Crippen molar-refractivity contribution in [1.29, 1.82) is 0 Å². The molecule has 94 valence electrons. The number of para-hydroxylation sites is 1. The Morgan fingerprint density at radius 2 is 1.78 bits per heavy atom. The maximum absolute atomic E-state index is 13.5. The van der Waals surface area contributed by atoms with Crippen molar-refractivity contribution in [2.24, 2.45) is 0 Å². The summed E-state index contributed by atoms with van der Waals surface area (Å²) >= 11 is 5.78. The molecule has 0 aliphatic carbocycles. The van der Waals surface area contributed by atoms with E-state index < -0.39 is 17.5 Å². The molecule has 18 heavy (non-hydrogen) atoms. The number of hydrogen-bond donors (Lipinski definition) is 2. The van der Waals surface area contributed by atoms with E-state index in [0.717, 1.165) is 6.07 Å². The SMILES string of the molecule is Nc1c(F)cc(F)cc1Nc1c(F)cccc1Cl. The van der Waals surface area contributed by atoms with Crippen LogP contribution in [0.1, 0.15) is 0 Å². The van der Waals surface area contributed by atoms with Crippen LogP contribution in [0.4, 0.5) is 30.2 Å². The number of nitrogens with two attached hydrogens (primary N) is 1. The Bertz CT molecular complexity index is 582. The lowest BCUT2D eigenvalue weighted by molar-refractivity contribution is 0.587. The first-order valence-electron chi connectivity index (χ1n) is 4.94. The van der Waals surface area contributed by atoms with Gasteiger partial charge in [0.25, 0.3) is 0 Å². The molecule has 2 aromatic carbocycles. The molecule has 3 N–H and O–H groups in total. The molecule has 0 saturated heterocycles. The van der Waals surface area contributed by atoms with E-state index in [1.54, 1.807) is 0 Å². The van der Waals surface area contributed by atoms with Crippen LogP contribution in [0.3, 0.4) is 0 Å². The van der Waals surface area contributed by atoms with Crippen LogP contribution in [0, 0.1) is 17.5 Å². The Kier molecular flexibility index (Phi) is 3.34. The van der Waals surface area contributed by atoms with Crippen LogP contribution >= 0.6 is 11.6 Å². The van der Waals surface area contributed by atoms with Gasteiger partial charge >= 0.3 is 0 Å². The number of nitrogens with one attached hydrogen (secondary N) is 1. The van der Waals surface area contributed by atoms with Gasteiger partial charge in [0.1, 0.15) is 11.6 Å². The maximum atomic E-state index is 13.5. The average Bonchev–Trinajstić information content (AvgIpc) is 2.30. The number of nitrogen functional groups attached to an aromatic ring is 1. The summed E-state index contributed by atoms with van der Waals surface area (Å²) in [4.78, 5) is 0. The predicted octanol–water partition coefficient (Wildman–Crippen LogP) is 4.08. The van der Waals surface area contributed by atoms with Gasteiger partial charge in [0.05, 0.1) is 22.1 Å². The topological polar surface area (TPSA) is 38.0 Å². The van der Waals surface area contributed by atoms with Crippen LogP contribution < -0.4 is 11.1 Å². The molecule has 0 bridgehead atoms. The highest BCUT2D eigenvalue weighted by molar-refractivity contribution is 6.33. The Hall–Kier alpha value is -1.88. The van der Waals surface area contributed by atoms with Gasteiger partial charge in [0.15, 0.2) is 5.82 Å². The summed E-state index contributed by atoms with van der Waals surface area (Å²) in [5, 5.41) is 2.56. The van der Waals surface area contributed by atoms with Crippen LogP contribution in [0.5, 0.6) is 0 Å². The van der Waals surface area contributed by atoms with E-state index >= 15 is 0 Å². The predicted molar refractivity (Wildman–Crippen MR) is 65.5 cm³/mol. The molecular weight excluding hydrogens is 265 g/mol. The van der Waals surface area contributed by atoms with Crippen molar-refractivity contribution < 1.29 is 13.2 Å². The average molecular weight is 273 g/mol. The lowest BCUT2D eigenvalue weighted by Gasteiger charge is -2.12. The summed E-state index contributed by atoms with van der Waals surface area (Å²) in [6, 6.07) is 5.63. The second-order valence-corrected chi connectivity index (χ2v) is 3.98. The van der Waals surface area contributed by atoms with E-state index in [2.05, 4.69) is 5.32 Å². The van der Waals surface area contributed by atoms with Crippen LogP contribution in [-0.2, 0) is 0 Å². The highest BCUT2D eigenvalue weighted by atomic mass is 35.5. The fourth-order valence-electron chi connectivity index (χ4n) is 1.44. The summed E-state index contributed by atoms with van der Waals surface area (Å²) < 4.78 is 39.8. The first-order valence-corrected chi connectivity index (χ1v) is 5.32. The van der Waals surface area contributed by atoms with Crippen molar-refractivity contribution >= 4 is 28.7 Å². The molecule has 2 rings (SSSR count).